The van der Waals surface area contributed by atoms with Crippen molar-refractivity contribution in [2.45, 2.75) is 0 Å². The van der Waals surface area contributed by atoms with Crippen molar-refractivity contribution in [3.05, 3.63) is 39.8 Å². The molecule has 2 aromatic rings. The van der Waals surface area contributed by atoms with Crippen LogP contribution >= 0.6 is 28.1 Å². The summed E-state index contributed by atoms with van der Waals surface area (Å²) in [5, 5.41) is 2.92. The zero-order valence-corrected chi connectivity index (χ0v) is 8.97. The van der Waals surface area contributed by atoms with Crippen LogP contribution in [0.5, 0.6) is 0 Å². The molecule has 66 valence electrons. The number of nitrogens with one attached hydrogen (secondary N) is 1. The molecular formula is C8H6BrN3S. The summed E-state index contributed by atoms with van der Waals surface area (Å²) in [5.41, 5.74) is 1.01. The monoisotopic (exact) mass is 255 g/mol. The Morgan fingerprint density at radius 3 is 2.54 bits per heavy atom. The third-order valence-electron chi connectivity index (χ3n) is 1.61. The Kier molecular flexibility index (Phi) is 2.28. The van der Waals surface area contributed by atoms with Gasteiger partial charge in [0, 0.05) is 4.47 Å². The zero-order valence-electron chi connectivity index (χ0n) is 6.57. The van der Waals surface area contributed by atoms with Crippen LogP contribution in [0, 0.1) is 4.77 Å². The van der Waals surface area contributed by atoms with Gasteiger partial charge in [0.1, 0.15) is 6.33 Å². The van der Waals surface area contributed by atoms with E-state index in [0.717, 1.165) is 10.2 Å². The molecule has 0 aliphatic rings. The first-order chi connectivity index (χ1) is 6.25. The average Bonchev–Trinajstić information content (AvgIpc) is 2.53. The van der Waals surface area contributed by atoms with Crippen LogP contribution in [0.3, 0.4) is 0 Å². The Labute approximate surface area is 88.5 Å². The van der Waals surface area contributed by atoms with E-state index in [1.165, 1.54) is 0 Å². The van der Waals surface area contributed by atoms with Crippen LogP contribution in [0.25, 0.3) is 5.69 Å². The minimum Gasteiger partial charge on any atom is -0.267 e. The quantitative estimate of drug-likeness (QED) is 0.796. The first kappa shape index (κ1) is 8.65. The lowest BCUT2D eigenvalue weighted by Crippen LogP contribution is -1.93. The van der Waals surface area contributed by atoms with Gasteiger partial charge in [-0.25, -0.2) is 9.67 Å². The van der Waals surface area contributed by atoms with Crippen LogP contribution in [0.4, 0.5) is 0 Å². The van der Waals surface area contributed by atoms with Gasteiger partial charge in [-0.05, 0) is 36.5 Å². The second kappa shape index (κ2) is 3.43. The summed E-state index contributed by atoms with van der Waals surface area (Å²) < 4.78 is 3.31. The molecule has 0 atom stereocenters. The highest BCUT2D eigenvalue weighted by Gasteiger charge is 1.94. The first-order valence-electron chi connectivity index (χ1n) is 3.65. The SMILES string of the molecule is S=c1ncn(-c2ccc(Br)cc2)[nH]1. The van der Waals surface area contributed by atoms with Gasteiger partial charge in [-0.15, -0.1) is 0 Å². The molecule has 0 amide bonds. The van der Waals surface area contributed by atoms with Crippen LogP contribution in [0.2, 0.25) is 0 Å². The topological polar surface area (TPSA) is 33.6 Å². The van der Waals surface area contributed by atoms with Crippen molar-refractivity contribution in [2.24, 2.45) is 0 Å². The maximum atomic E-state index is 4.86. The van der Waals surface area contributed by atoms with Gasteiger partial charge in [0.25, 0.3) is 0 Å². The van der Waals surface area contributed by atoms with E-state index in [2.05, 4.69) is 26.0 Å². The molecule has 1 heterocycles. The lowest BCUT2D eigenvalue weighted by atomic mass is 10.3. The summed E-state index contributed by atoms with van der Waals surface area (Å²) in [7, 11) is 0. The summed E-state index contributed by atoms with van der Waals surface area (Å²) in [6.45, 7) is 0. The minimum atomic E-state index is 0.489. The van der Waals surface area contributed by atoms with E-state index in [-0.39, 0.29) is 0 Å². The summed E-state index contributed by atoms with van der Waals surface area (Å²) in [6.07, 6.45) is 1.66. The smallest absolute Gasteiger partial charge is 0.213 e. The van der Waals surface area contributed by atoms with E-state index in [1.54, 1.807) is 11.0 Å². The molecule has 3 nitrogen and oxygen atoms in total. The van der Waals surface area contributed by atoms with Crippen molar-refractivity contribution < 1.29 is 0 Å². The molecule has 0 saturated carbocycles. The molecule has 1 aromatic carbocycles. The lowest BCUT2D eigenvalue weighted by molar-refractivity contribution is 0.873. The maximum Gasteiger partial charge on any atom is 0.213 e. The van der Waals surface area contributed by atoms with Gasteiger partial charge >= 0.3 is 0 Å². The number of aromatic amines is 1. The summed E-state index contributed by atoms with van der Waals surface area (Å²) in [4.78, 5) is 3.93. The fourth-order valence-electron chi connectivity index (χ4n) is 1.00. The average molecular weight is 256 g/mol. The van der Waals surface area contributed by atoms with Crippen molar-refractivity contribution in [2.75, 3.05) is 0 Å². The van der Waals surface area contributed by atoms with Crippen molar-refractivity contribution in [3.63, 3.8) is 0 Å². The van der Waals surface area contributed by atoms with Crippen LogP contribution in [0.1, 0.15) is 0 Å². The number of nitrogens with zero attached hydrogens (tertiary/aromatic N) is 2. The van der Waals surface area contributed by atoms with E-state index < -0.39 is 0 Å². The maximum absolute atomic E-state index is 4.86. The van der Waals surface area contributed by atoms with Crippen LogP contribution < -0.4 is 0 Å². The Bertz CT molecular complexity index is 457. The molecule has 0 unspecified atom stereocenters. The number of benzene rings is 1. The molecule has 0 bridgehead atoms. The molecule has 0 radical (unpaired) electrons. The Morgan fingerprint density at radius 1 is 1.31 bits per heavy atom. The van der Waals surface area contributed by atoms with Gasteiger partial charge in [0.15, 0.2) is 0 Å². The van der Waals surface area contributed by atoms with Gasteiger partial charge in [-0.3, -0.25) is 5.10 Å². The highest BCUT2D eigenvalue weighted by atomic mass is 79.9. The zero-order chi connectivity index (χ0) is 9.26. The molecular weight excluding hydrogens is 250 g/mol. The van der Waals surface area contributed by atoms with Crippen molar-refractivity contribution in [1.82, 2.24) is 14.8 Å². The number of H-pyrrole nitrogens is 1. The van der Waals surface area contributed by atoms with Gasteiger partial charge in [0.2, 0.25) is 4.77 Å². The second-order valence-electron chi connectivity index (χ2n) is 2.51. The van der Waals surface area contributed by atoms with E-state index in [0.29, 0.717) is 4.77 Å². The lowest BCUT2D eigenvalue weighted by Gasteiger charge is -1.99. The first-order valence-corrected chi connectivity index (χ1v) is 4.85. The number of halogens is 1. The third-order valence-corrected chi connectivity index (χ3v) is 2.34. The molecule has 0 spiro atoms. The summed E-state index contributed by atoms with van der Waals surface area (Å²) >= 11 is 8.23. The Morgan fingerprint density at radius 2 is 2.00 bits per heavy atom. The number of hydrogen-bond donors (Lipinski definition) is 1. The molecule has 1 aromatic heterocycles. The standard InChI is InChI=1S/C8H6BrN3S/c9-6-1-3-7(4-2-6)12-5-10-8(13)11-12/h1-5H,(H,11,13). The molecule has 1 N–H and O–H groups in total. The van der Waals surface area contributed by atoms with Gasteiger partial charge < -0.3 is 0 Å². The molecule has 0 aliphatic carbocycles. The van der Waals surface area contributed by atoms with Crippen molar-refractivity contribution in [1.29, 1.82) is 0 Å². The van der Waals surface area contributed by atoms with Crippen LogP contribution in [-0.2, 0) is 0 Å². The molecule has 5 heteroatoms. The van der Waals surface area contributed by atoms with E-state index in [1.807, 2.05) is 24.3 Å². The largest absolute Gasteiger partial charge is 0.267 e. The third kappa shape index (κ3) is 1.87. The molecule has 0 fully saturated rings. The molecule has 0 saturated heterocycles. The van der Waals surface area contributed by atoms with Gasteiger partial charge in [-0.1, -0.05) is 15.9 Å². The molecule has 0 aliphatic heterocycles. The van der Waals surface area contributed by atoms with Crippen molar-refractivity contribution >= 4 is 28.1 Å². The van der Waals surface area contributed by atoms with Gasteiger partial charge in [0.05, 0.1) is 5.69 Å². The Balaban J connectivity index is 2.47. The van der Waals surface area contributed by atoms with E-state index in [4.69, 9.17) is 12.2 Å². The molecule has 13 heavy (non-hydrogen) atoms. The highest BCUT2D eigenvalue weighted by molar-refractivity contribution is 9.10. The predicted octanol–water partition coefficient (Wildman–Crippen LogP) is 2.69. The predicted molar refractivity (Wildman–Crippen MR) is 56.4 cm³/mol. The van der Waals surface area contributed by atoms with E-state index >= 15 is 0 Å². The second-order valence-corrected chi connectivity index (χ2v) is 3.81. The highest BCUT2D eigenvalue weighted by Crippen LogP contribution is 2.12. The number of aromatic nitrogens is 3. The fourth-order valence-corrected chi connectivity index (χ4v) is 1.41. The van der Waals surface area contributed by atoms with Crippen LogP contribution in [0.15, 0.2) is 35.1 Å². The number of rotatable bonds is 1. The minimum absolute atomic E-state index is 0.489. The van der Waals surface area contributed by atoms with E-state index in [9.17, 15) is 0 Å². The van der Waals surface area contributed by atoms with Gasteiger partial charge in [-0.2, -0.15) is 0 Å². The molecule has 2 rings (SSSR count). The van der Waals surface area contributed by atoms with Crippen LogP contribution in [-0.4, -0.2) is 14.8 Å². The fraction of sp³-hybridized carbons (Fsp3) is 0. The summed E-state index contributed by atoms with van der Waals surface area (Å²) in [6, 6.07) is 7.87. The summed E-state index contributed by atoms with van der Waals surface area (Å²) in [5.74, 6) is 0. The number of hydrogen-bond acceptors (Lipinski definition) is 2. The normalized spacial score (nSPS) is 10.2. The van der Waals surface area contributed by atoms with Crippen molar-refractivity contribution in [3.8, 4) is 5.69 Å². The Hall–Kier alpha value is -0.940.